The fraction of sp³-hybridized carbons (Fsp3) is 0.0833. The van der Waals surface area contributed by atoms with Gasteiger partial charge in [0.2, 0.25) is 0 Å². The van der Waals surface area contributed by atoms with Gasteiger partial charge in [0.15, 0.2) is 5.76 Å². The first-order valence-corrected chi connectivity index (χ1v) is 5.73. The summed E-state index contributed by atoms with van der Waals surface area (Å²) in [5, 5.41) is 23.4. The molecular weight excluding hydrogens is 282 g/mol. The van der Waals surface area contributed by atoms with Crippen LogP contribution in [0.3, 0.4) is 0 Å². The number of hydrogen-bond donors (Lipinski definition) is 1. The summed E-state index contributed by atoms with van der Waals surface area (Å²) >= 11 is 0. The Morgan fingerprint density at radius 2 is 1.71 bits per heavy atom. The molecule has 1 heterocycles. The molecule has 2 aromatic rings. The van der Waals surface area contributed by atoms with Crippen molar-refractivity contribution in [3.63, 3.8) is 0 Å². The van der Waals surface area contributed by atoms with Crippen molar-refractivity contribution in [3.05, 3.63) is 68.0 Å². The van der Waals surface area contributed by atoms with Gasteiger partial charge >= 0.3 is 5.88 Å². The van der Waals surface area contributed by atoms with E-state index in [1.807, 2.05) is 0 Å². The van der Waals surface area contributed by atoms with Crippen LogP contribution in [-0.2, 0) is 6.54 Å². The molecule has 1 aromatic carbocycles. The zero-order valence-corrected chi connectivity index (χ0v) is 10.5. The van der Waals surface area contributed by atoms with Crippen molar-refractivity contribution in [1.82, 2.24) is 5.32 Å². The first kappa shape index (κ1) is 14.2. The maximum atomic E-state index is 11.7. The SMILES string of the molecule is O=C(NCc1ccc([N+](=O)[O-])cc1)c1ccc([N+](=O)[O-])o1. The summed E-state index contributed by atoms with van der Waals surface area (Å²) in [6.07, 6.45) is 0. The third kappa shape index (κ3) is 3.41. The van der Waals surface area contributed by atoms with E-state index in [1.165, 1.54) is 30.3 Å². The Bertz CT molecular complexity index is 691. The third-order valence-corrected chi connectivity index (χ3v) is 2.60. The van der Waals surface area contributed by atoms with Gasteiger partial charge in [0.25, 0.3) is 11.6 Å². The van der Waals surface area contributed by atoms with E-state index < -0.39 is 21.6 Å². The molecule has 2 rings (SSSR count). The molecule has 9 nitrogen and oxygen atoms in total. The molecule has 1 N–H and O–H groups in total. The van der Waals surface area contributed by atoms with Crippen molar-refractivity contribution in [3.8, 4) is 0 Å². The molecule has 1 amide bonds. The zero-order chi connectivity index (χ0) is 15.4. The fourth-order valence-electron chi connectivity index (χ4n) is 1.55. The molecule has 0 fully saturated rings. The summed E-state index contributed by atoms with van der Waals surface area (Å²) in [5.41, 5.74) is 0.599. The minimum atomic E-state index is -0.743. The van der Waals surface area contributed by atoms with Crippen LogP contribution < -0.4 is 5.32 Å². The highest BCUT2D eigenvalue weighted by Crippen LogP contribution is 2.16. The number of carbonyl (C=O) groups is 1. The molecule has 0 aliphatic rings. The number of hydrogen-bond acceptors (Lipinski definition) is 6. The van der Waals surface area contributed by atoms with E-state index in [4.69, 9.17) is 4.42 Å². The van der Waals surface area contributed by atoms with Crippen LogP contribution in [0.1, 0.15) is 16.1 Å². The molecule has 0 aliphatic carbocycles. The second-order valence-corrected chi connectivity index (χ2v) is 4.00. The lowest BCUT2D eigenvalue weighted by Gasteiger charge is -2.02. The van der Waals surface area contributed by atoms with E-state index in [2.05, 4.69) is 5.32 Å². The van der Waals surface area contributed by atoms with E-state index in [0.29, 0.717) is 5.56 Å². The van der Waals surface area contributed by atoms with Gasteiger partial charge in [0, 0.05) is 18.7 Å². The molecule has 0 bridgehead atoms. The van der Waals surface area contributed by atoms with E-state index in [9.17, 15) is 25.0 Å². The molecule has 1 aromatic heterocycles. The predicted octanol–water partition coefficient (Wildman–Crippen LogP) is 2.03. The predicted molar refractivity (Wildman–Crippen MR) is 69.6 cm³/mol. The number of carbonyl (C=O) groups excluding carboxylic acids is 1. The summed E-state index contributed by atoms with van der Waals surface area (Å²) in [6, 6.07) is 7.93. The average molecular weight is 291 g/mol. The van der Waals surface area contributed by atoms with Gasteiger partial charge in [0.05, 0.1) is 11.0 Å². The van der Waals surface area contributed by atoms with Crippen LogP contribution in [0.2, 0.25) is 0 Å². The van der Waals surface area contributed by atoms with Gasteiger partial charge in [-0.2, -0.15) is 0 Å². The van der Waals surface area contributed by atoms with Crippen LogP contribution in [0.15, 0.2) is 40.8 Å². The maximum Gasteiger partial charge on any atom is 0.433 e. The minimum absolute atomic E-state index is 0.0493. The van der Waals surface area contributed by atoms with E-state index in [1.54, 1.807) is 0 Å². The molecule has 108 valence electrons. The fourth-order valence-corrected chi connectivity index (χ4v) is 1.55. The van der Waals surface area contributed by atoms with Crippen LogP contribution in [0, 0.1) is 20.2 Å². The number of rotatable bonds is 5. The summed E-state index contributed by atoms with van der Waals surface area (Å²) in [7, 11) is 0. The number of nitrogens with one attached hydrogen (secondary N) is 1. The number of non-ortho nitro benzene ring substituents is 1. The van der Waals surface area contributed by atoms with Crippen molar-refractivity contribution in [1.29, 1.82) is 0 Å². The molecular formula is C12H9N3O6. The highest BCUT2D eigenvalue weighted by atomic mass is 16.6. The molecule has 0 aliphatic heterocycles. The normalized spacial score (nSPS) is 10.1. The smallest absolute Gasteiger partial charge is 0.395 e. The lowest BCUT2D eigenvalue weighted by atomic mass is 10.2. The maximum absolute atomic E-state index is 11.7. The Kier molecular flexibility index (Phi) is 3.93. The summed E-state index contributed by atoms with van der Waals surface area (Å²) < 4.78 is 4.75. The van der Waals surface area contributed by atoms with Crippen LogP contribution in [-0.4, -0.2) is 15.8 Å². The van der Waals surface area contributed by atoms with Crippen molar-refractivity contribution in [2.75, 3.05) is 0 Å². The van der Waals surface area contributed by atoms with Crippen molar-refractivity contribution < 1.29 is 19.1 Å². The first-order chi connectivity index (χ1) is 9.97. The Labute approximate surface area is 117 Å². The Morgan fingerprint density at radius 1 is 1.05 bits per heavy atom. The first-order valence-electron chi connectivity index (χ1n) is 5.73. The second-order valence-electron chi connectivity index (χ2n) is 4.00. The number of nitro groups is 2. The van der Waals surface area contributed by atoms with Crippen LogP contribution >= 0.6 is 0 Å². The van der Waals surface area contributed by atoms with Gasteiger partial charge < -0.3 is 9.73 Å². The van der Waals surface area contributed by atoms with Crippen molar-refractivity contribution in [2.24, 2.45) is 0 Å². The lowest BCUT2D eigenvalue weighted by molar-refractivity contribution is -0.402. The van der Waals surface area contributed by atoms with Gasteiger partial charge in [-0.15, -0.1) is 0 Å². The Morgan fingerprint density at radius 3 is 2.24 bits per heavy atom. The molecule has 0 saturated heterocycles. The lowest BCUT2D eigenvalue weighted by Crippen LogP contribution is -2.22. The molecule has 0 unspecified atom stereocenters. The molecule has 21 heavy (non-hydrogen) atoms. The van der Waals surface area contributed by atoms with Crippen molar-refractivity contribution in [2.45, 2.75) is 6.54 Å². The van der Waals surface area contributed by atoms with E-state index in [0.717, 1.165) is 6.07 Å². The molecule has 9 heteroatoms. The topological polar surface area (TPSA) is 129 Å². The van der Waals surface area contributed by atoms with Gasteiger partial charge in [-0.1, -0.05) is 12.1 Å². The highest BCUT2D eigenvalue weighted by molar-refractivity contribution is 5.91. The number of furan rings is 1. The minimum Gasteiger partial charge on any atom is -0.395 e. The molecule has 0 radical (unpaired) electrons. The largest absolute Gasteiger partial charge is 0.433 e. The number of nitrogens with zero attached hydrogens (tertiary/aromatic N) is 2. The molecule has 0 saturated carbocycles. The van der Waals surface area contributed by atoms with Crippen molar-refractivity contribution >= 4 is 17.5 Å². The molecule has 0 atom stereocenters. The van der Waals surface area contributed by atoms with Crippen LogP contribution in [0.4, 0.5) is 11.6 Å². The summed E-state index contributed by atoms with van der Waals surface area (Å²) in [4.78, 5) is 31.3. The van der Waals surface area contributed by atoms with Gasteiger partial charge in [0.1, 0.15) is 4.92 Å². The van der Waals surface area contributed by atoms with Gasteiger partial charge in [-0.25, -0.2) is 0 Å². The number of amides is 1. The summed E-state index contributed by atoms with van der Waals surface area (Å²) in [5.74, 6) is -1.31. The third-order valence-electron chi connectivity index (χ3n) is 2.60. The average Bonchev–Trinajstić information content (AvgIpc) is 2.95. The van der Waals surface area contributed by atoms with Gasteiger partial charge in [-0.05, 0) is 11.6 Å². The summed E-state index contributed by atoms with van der Waals surface area (Å²) in [6.45, 7) is 0.116. The standard InChI is InChI=1S/C12H9N3O6/c16-12(10-5-6-11(21-10)15(19)20)13-7-8-1-3-9(4-2-8)14(17)18/h1-6H,7H2,(H,13,16). The monoisotopic (exact) mass is 291 g/mol. The number of benzene rings is 1. The highest BCUT2D eigenvalue weighted by Gasteiger charge is 2.16. The van der Waals surface area contributed by atoms with Gasteiger partial charge in [-0.3, -0.25) is 25.0 Å². The Balaban J connectivity index is 1.97. The van der Waals surface area contributed by atoms with Crippen LogP contribution in [0.25, 0.3) is 0 Å². The number of nitro benzene ring substituents is 1. The molecule has 0 spiro atoms. The quantitative estimate of drug-likeness (QED) is 0.662. The Hall–Kier alpha value is -3.23. The van der Waals surface area contributed by atoms with Crippen LogP contribution in [0.5, 0.6) is 0 Å². The second kappa shape index (κ2) is 5.82. The zero-order valence-electron chi connectivity index (χ0n) is 10.5. The van der Waals surface area contributed by atoms with E-state index >= 15 is 0 Å². The van der Waals surface area contributed by atoms with E-state index in [-0.39, 0.29) is 18.0 Å².